The van der Waals surface area contributed by atoms with E-state index in [4.69, 9.17) is 23.2 Å². The average molecular weight is 375 g/mol. The van der Waals surface area contributed by atoms with Gasteiger partial charge in [-0.25, -0.2) is 0 Å². The molecule has 0 aliphatic rings. The first-order valence-electron chi connectivity index (χ1n) is 5.78. The third-order valence-corrected chi connectivity index (χ3v) is 5.49. The Labute approximate surface area is 143 Å². The van der Waals surface area contributed by atoms with E-state index in [0.29, 0.717) is 9.79 Å². The van der Waals surface area contributed by atoms with E-state index < -0.39 is 10.5 Å². The summed E-state index contributed by atoms with van der Waals surface area (Å²) in [4.78, 5) is 23.0. The quantitative estimate of drug-likeness (QED) is 0.585. The number of phenolic OH excluding ortho intramolecular Hbond substituents is 2. The predicted molar refractivity (Wildman–Crippen MR) is 88.3 cm³/mol. The summed E-state index contributed by atoms with van der Waals surface area (Å²) in [7, 11) is 2.37. The highest BCUT2D eigenvalue weighted by molar-refractivity contribution is 8.76. The molecule has 0 radical (unpaired) electrons. The van der Waals surface area contributed by atoms with Gasteiger partial charge in [0.2, 0.25) is 0 Å². The van der Waals surface area contributed by atoms with E-state index in [2.05, 4.69) is 0 Å². The van der Waals surface area contributed by atoms with E-state index in [-0.39, 0.29) is 22.6 Å². The Morgan fingerprint density at radius 2 is 1.14 bits per heavy atom. The lowest BCUT2D eigenvalue weighted by Crippen LogP contribution is -1.88. The van der Waals surface area contributed by atoms with Crippen LogP contribution in [-0.4, -0.2) is 20.7 Å². The van der Waals surface area contributed by atoms with Gasteiger partial charge in [-0.3, -0.25) is 9.59 Å². The van der Waals surface area contributed by atoms with Gasteiger partial charge < -0.3 is 10.2 Å². The lowest BCUT2D eigenvalue weighted by molar-refractivity contribution is 0.107. The number of hydrogen-bond acceptors (Lipinski definition) is 6. The molecule has 0 heterocycles. The molecule has 0 aliphatic carbocycles. The maximum Gasteiger partial charge on any atom is 0.252 e. The number of carbonyl (C=O) groups is 2. The van der Waals surface area contributed by atoms with Gasteiger partial charge in [-0.1, -0.05) is 0 Å². The molecule has 0 fully saturated rings. The van der Waals surface area contributed by atoms with Crippen molar-refractivity contribution < 1.29 is 19.8 Å². The third kappa shape index (κ3) is 4.10. The van der Waals surface area contributed by atoms with Crippen LogP contribution in [0.1, 0.15) is 20.7 Å². The summed E-state index contributed by atoms with van der Waals surface area (Å²) in [6, 6.07) is 8.63. The van der Waals surface area contributed by atoms with Gasteiger partial charge in [0.1, 0.15) is 11.5 Å². The molecule has 2 aromatic rings. The van der Waals surface area contributed by atoms with Crippen LogP contribution in [0.15, 0.2) is 46.2 Å². The number of benzene rings is 2. The van der Waals surface area contributed by atoms with Crippen molar-refractivity contribution >= 4 is 55.3 Å². The van der Waals surface area contributed by atoms with Crippen LogP contribution < -0.4 is 0 Å². The monoisotopic (exact) mass is 374 g/mol. The zero-order chi connectivity index (χ0) is 16.3. The summed E-state index contributed by atoms with van der Waals surface area (Å²) < 4.78 is 0. The van der Waals surface area contributed by atoms with E-state index in [1.165, 1.54) is 45.9 Å². The van der Waals surface area contributed by atoms with E-state index in [1.807, 2.05) is 0 Å². The van der Waals surface area contributed by atoms with Crippen molar-refractivity contribution in [2.75, 3.05) is 0 Å². The number of rotatable bonds is 5. The Kier molecular flexibility index (Phi) is 5.63. The van der Waals surface area contributed by atoms with E-state index in [9.17, 15) is 19.8 Å². The maximum absolute atomic E-state index is 11.0. The lowest BCUT2D eigenvalue weighted by atomic mass is 10.2. The third-order valence-electron chi connectivity index (χ3n) is 2.59. The molecule has 0 unspecified atom stereocenters. The Morgan fingerprint density at radius 3 is 1.41 bits per heavy atom. The van der Waals surface area contributed by atoms with Crippen LogP contribution >= 0.6 is 44.8 Å². The van der Waals surface area contributed by atoms with Crippen molar-refractivity contribution in [1.29, 1.82) is 0 Å². The summed E-state index contributed by atoms with van der Waals surface area (Å²) in [5.41, 5.74) is 0.391. The van der Waals surface area contributed by atoms with Crippen LogP contribution in [0, 0.1) is 0 Å². The summed E-state index contributed by atoms with van der Waals surface area (Å²) in [5.74, 6) is -0.174. The highest BCUT2D eigenvalue weighted by atomic mass is 35.5. The molecule has 0 spiro atoms. The molecule has 0 aliphatic heterocycles. The van der Waals surface area contributed by atoms with Gasteiger partial charge in [0.25, 0.3) is 10.5 Å². The Bertz CT molecular complexity index is 686. The number of carbonyl (C=O) groups excluding carboxylic acids is 2. The van der Waals surface area contributed by atoms with Crippen LogP contribution in [0.5, 0.6) is 11.5 Å². The van der Waals surface area contributed by atoms with Gasteiger partial charge in [0.05, 0.1) is 9.79 Å². The van der Waals surface area contributed by atoms with Crippen LogP contribution in [0.2, 0.25) is 0 Å². The van der Waals surface area contributed by atoms with Gasteiger partial charge in [-0.15, -0.1) is 0 Å². The molecular formula is C14H8Cl2O4S2. The van der Waals surface area contributed by atoms with E-state index in [0.717, 1.165) is 0 Å². The average Bonchev–Trinajstić information content (AvgIpc) is 2.46. The molecule has 22 heavy (non-hydrogen) atoms. The summed E-state index contributed by atoms with van der Waals surface area (Å²) in [5, 5.41) is 18.4. The first-order valence-corrected chi connectivity index (χ1v) is 8.69. The molecule has 0 saturated heterocycles. The van der Waals surface area contributed by atoms with E-state index in [1.54, 1.807) is 12.1 Å². The number of aromatic hydroxyl groups is 2. The largest absolute Gasteiger partial charge is 0.507 e. The second kappa shape index (κ2) is 7.28. The van der Waals surface area contributed by atoms with Crippen LogP contribution in [0.25, 0.3) is 0 Å². The second-order valence-electron chi connectivity index (χ2n) is 4.08. The van der Waals surface area contributed by atoms with Crippen molar-refractivity contribution in [2.24, 2.45) is 0 Å². The summed E-state index contributed by atoms with van der Waals surface area (Å²) >= 11 is 10.7. The normalized spacial score (nSPS) is 10.5. The zero-order valence-corrected chi connectivity index (χ0v) is 13.9. The number of halogens is 2. The molecule has 114 valence electrons. The zero-order valence-electron chi connectivity index (χ0n) is 10.7. The standard InChI is InChI=1S/C14H8Cl2O4S2/c15-13(19)7-1-3-11(9(17)5-7)21-22-12-4-2-8(14(16)20)6-10(12)18/h1-6,17-18H. The van der Waals surface area contributed by atoms with Gasteiger partial charge in [-0.05, 0) is 81.2 Å². The highest BCUT2D eigenvalue weighted by Gasteiger charge is 2.11. The number of hydrogen-bond donors (Lipinski definition) is 2. The fourth-order valence-electron chi connectivity index (χ4n) is 1.51. The van der Waals surface area contributed by atoms with E-state index >= 15 is 0 Å². The van der Waals surface area contributed by atoms with Crippen LogP contribution in [0.3, 0.4) is 0 Å². The van der Waals surface area contributed by atoms with Crippen molar-refractivity contribution in [1.82, 2.24) is 0 Å². The van der Waals surface area contributed by atoms with Gasteiger partial charge in [0, 0.05) is 11.1 Å². The van der Waals surface area contributed by atoms with Crippen molar-refractivity contribution in [3.63, 3.8) is 0 Å². The molecule has 2 aromatic carbocycles. The molecule has 0 amide bonds. The molecule has 0 atom stereocenters. The van der Waals surface area contributed by atoms with Crippen LogP contribution in [0.4, 0.5) is 0 Å². The summed E-state index contributed by atoms with van der Waals surface area (Å²) in [6.07, 6.45) is 0. The summed E-state index contributed by atoms with van der Waals surface area (Å²) in [6.45, 7) is 0. The fraction of sp³-hybridized carbons (Fsp3) is 0. The van der Waals surface area contributed by atoms with Crippen LogP contribution in [-0.2, 0) is 0 Å². The predicted octanol–water partition coefficient (Wildman–Crippen LogP) is 4.66. The highest BCUT2D eigenvalue weighted by Crippen LogP contribution is 2.44. The van der Waals surface area contributed by atoms with Gasteiger partial charge >= 0.3 is 0 Å². The molecular weight excluding hydrogens is 367 g/mol. The molecule has 0 saturated carbocycles. The van der Waals surface area contributed by atoms with Gasteiger partial charge in [-0.2, -0.15) is 0 Å². The topological polar surface area (TPSA) is 74.6 Å². The second-order valence-corrected chi connectivity index (χ2v) is 6.98. The first kappa shape index (κ1) is 17.0. The molecule has 8 heteroatoms. The van der Waals surface area contributed by atoms with Crippen molar-refractivity contribution in [2.45, 2.75) is 9.79 Å². The Hall–Kier alpha value is -1.34. The maximum atomic E-state index is 11.0. The molecule has 2 rings (SSSR count). The molecule has 2 N–H and O–H groups in total. The SMILES string of the molecule is O=C(Cl)c1ccc(SSc2ccc(C(=O)Cl)cc2O)c(O)c1. The number of phenols is 2. The lowest BCUT2D eigenvalue weighted by Gasteiger charge is -2.07. The fourth-order valence-corrected chi connectivity index (χ4v) is 3.84. The Balaban J connectivity index is 2.13. The molecule has 0 bridgehead atoms. The first-order chi connectivity index (χ1) is 10.4. The minimum atomic E-state index is -0.654. The van der Waals surface area contributed by atoms with Gasteiger partial charge in [0.15, 0.2) is 0 Å². The minimum Gasteiger partial charge on any atom is -0.507 e. The van der Waals surface area contributed by atoms with Crippen molar-refractivity contribution in [3.05, 3.63) is 47.5 Å². The Morgan fingerprint density at radius 1 is 0.773 bits per heavy atom. The minimum absolute atomic E-state index is 0.0870. The molecule has 4 nitrogen and oxygen atoms in total. The smallest absolute Gasteiger partial charge is 0.252 e. The van der Waals surface area contributed by atoms with Crippen molar-refractivity contribution in [3.8, 4) is 11.5 Å². The molecule has 0 aromatic heterocycles.